The van der Waals surface area contributed by atoms with Crippen LogP contribution in [0.15, 0.2) is 18.3 Å². The molecule has 1 amide bonds. The number of anilines is 2. The molecule has 0 radical (unpaired) electrons. The van der Waals surface area contributed by atoms with Gasteiger partial charge in [0.1, 0.15) is 5.82 Å². The third-order valence-electron chi connectivity index (χ3n) is 2.30. The molecule has 0 aromatic carbocycles. The van der Waals surface area contributed by atoms with Crippen molar-refractivity contribution in [3.05, 3.63) is 18.3 Å². The predicted octanol–water partition coefficient (Wildman–Crippen LogP) is 1.01. The Morgan fingerprint density at radius 3 is 2.82 bits per heavy atom. The maximum absolute atomic E-state index is 11.7. The van der Waals surface area contributed by atoms with Crippen molar-refractivity contribution < 1.29 is 4.79 Å². The van der Waals surface area contributed by atoms with Gasteiger partial charge in [0, 0.05) is 30.5 Å². The number of hydrogen-bond acceptors (Lipinski definition) is 4. The minimum absolute atomic E-state index is 0.0113. The first kappa shape index (κ1) is 13.3. The summed E-state index contributed by atoms with van der Waals surface area (Å²) in [5.74, 6) is 0.474. The molecule has 5 nitrogen and oxygen atoms in total. The van der Waals surface area contributed by atoms with Gasteiger partial charge < -0.3 is 16.0 Å². The molecule has 0 saturated carbocycles. The topological polar surface area (TPSA) is 71.2 Å². The molecule has 5 heteroatoms. The Bertz CT molecular complexity index is 379. The largest absolute Gasteiger partial charge is 0.384 e. The Kier molecular flexibility index (Phi) is 4.75. The highest BCUT2D eigenvalue weighted by Crippen LogP contribution is 2.14. The molecule has 17 heavy (non-hydrogen) atoms. The van der Waals surface area contributed by atoms with Gasteiger partial charge in [-0.25, -0.2) is 4.98 Å². The van der Waals surface area contributed by atoms with Crippen LogP contribution < -0.4 is 16.0 Å². The summed E-state index contributed by atoms with van der Waals surface area (Å²) in [6, 6.07) is 3.78. The molecular formula is C12H20N4O. The average molecular weight is 236 g/mol. The summed E-state index contributed by atoms with van der Waals surface area (Å²) in [5, 5.41) is 2.86. The number of nitrogen functional groups attached to an aromatic ring is 1. The van der Waals surface area contributed by atoms with Crippen molar-refractivity contribution in [3.8, 4) is 0 Å². The summed E-state index contributed by atoms with van der Waals surface area (Å²) in [4.78, 5) is 17.6. The van der Waals surface area contributed by atoms with Crippen LogP contribution in [0, 0.1) is 0 Å². The zero-order chi connectivity index (χ0) is 12.8. The van der Waals surface area contributed by atoms with Crippen LogP contribution in [0.3, 0.4) is 0 Å². The molecule has 0 atom stereocenters. The molecule has 1 aromatic rings. The first-order valence-electron chi connectivity index (χ1n) is 5.78. The third-order valence-corrected chi connectivity index (χ3v) is 2.30. The highest BCUT2D eigenvalue weighted by Gasteiger charge is 2.10. The lowest BCUT2D eigenvalue weighted by Crippen LogP contribution is -2.40. The zero-order valence-electron chi connectivity index (χ0n) is 10.6. The van der Waals surface area contributed by atoms with Crippen LogP contribution >= 0.6 is 0 Å². The highest BCUT2D eigenvalue weighted by molar-refractivity contribution is 5.81. The van der Waals surface area contributed by atoms with E-state index in [1.165, 1.54) is 0 Å². The number of aromatic nitrogens is 1. The number of carbonyl (C=O) groups is 1. The van der Waals surface area contributed by atoms with Crippen LogP contribution in [0.2, 0.25) is 0 Å². The van der Waals surface area contributed by atoms with Crippen molar-refractivity contribution >= 4 is 17.4 Å². The fraction of sp³-hybridized carbons (Fsp3) is 0.500. The average Bonchev–Trinajstić information content (AvgIpc) is 2.24. The number of pyridine rings is 1. The molecule has 3 N–H and O–H groups in total. The molecule has 0 fully saturated rings. The van der Waals surface area contributed by atoms with Crippen LogP contribution in [0.4, 0.5) is 11.5 Å². The molecule has 1 aromatic heterocycles. The first-order valence-corrected chi connectivity index (χ1v) is 5.78. The zero-order valence-corrected chi connectivity index (χ0v) is 10.6. The van der Waals surface area contributed by atoms with Crippen molar-refractivity contribution in [1.29, 1.82) is 0 Å². The molecule has 0 spiro atoms. The van der Waals surface area contributed by atoms with Crippen molar-refractivity contribution in [1.82, 2.24) is 10.3 Å². The Hall–Kier alpha value is -1.78. The monoisotopic (exact) mass is 236 g/mol. The second-order valence-electron chi connectivity index (χ2n) is 4.18. The number of likely N-dealkylation sites (N-methyl/N-ethyl adjacent to an activating group) is 1. The van der Waals surface area contributed by atoms with E-state index in [0.717, 1.165) is 12.2 Å². The number of nitrogens with zero attached hydrogens (tertiary/aromatic N) is 2. The van der Waals surface area contributed by atoms with E-state index >= 15 is 0 Å². The van der Waals surface area contributed by atoms with Crippen molar-refractivity contribution in [2.75, 3.05) is 23.7 Å². The van der Waals surface area contributed by atoms with E-state index in [0.29, 0.717) is 12.4 Å². The number of carbonyl (C=O) groups excluding carboxylic acids is 1. The van der Waals surface area contributed by atoms with Gasteiger partial charge in [0.05, 0.1) is 6.54 Å². The van der Waals surface area contributed by atoms with Crippen molar-refractivity contribution in [2.45, 2.75) is 26.8 Å². The van der Waals surface area contributed by atoms with E-state index in [1.54, 1.807) is 12.3 Å². The molecule has 0 unspecified atom stereocenters. The van der Waals surface area contributed by atoms with Gasteiger partial charge in [-0.3, -0.25) is 4.79 Å². The smallest absolute Gasteiger partial charge is 0.239 e. The normalized spacial score (nSPS) is 10.4. The molecule has 0 saturated heterocycles. The molecule has 1 rings (SSSR count). The first-order chi connectivity index (χ1) is 8.02. The van der Waals surface area contributed by atoms with E-state index in [2.05, 4.69) is 10.3 Å². The number of hydrogen-bond donors (Lipinski definition) is 2. The quantitative estimate of drug-likeness (QED) is 0.800. The van der Waals surface area contributed by atoms with Crippen LogP contribution in [-0.4, -0.2) is 30.0 Å². The Balaban J connectivity index is 2.69. The molecule has 1 heterocycles. The number of nitrogens with one attached hydrogen (secondary N) is 1. The summed E-state index contributed by atoms with van der Waals surface area (Å²) in [6.07, 6.45) is 1.65. The second-order valence-corrected chi connectivity index (χ2v) is 4.18. The minimum atomic E-state index is 0.0113. The fourth-order valence-electron chi connectivity index (χ4n) is 1.56. The van der Waals surface area contributed by atoms with Crippen LogP contribution in [0.1, 0.15) is 20.8 Å². The lowest BCUT2D eigenvalue weighted by Gasteiger charge is -2.23. The van der Waals surface area contributed by atoms with Gasteiger partial charge >= 0.3 is 0 Å². The lowest BCUT2D eigenvalue weighted by molar-refractivity contribution is -0.120. The van der Waals surface area contributed by atoms with Gasteiger partial charge in [0.25, 0.3) is 0 Å². The van der Waals surface area contributed by atoms with Gasteiger partial charge in [-0.15, -0.1) is 0 Å². The molecule has 94 valence electrons. The van der Waals surface area contributed by atoms with Crippen LogP contribution in [0.5, 0.6) is 0 Å². The minimum Gasteiger partial charge on any atom is -0.384 e. The molecule has 0 aliphatic rings. The van der Waals surface area contributed by atoms with Gasteiger partial charge in [-0.05, 0) is 26.8 Å². The van der Waals surface area contributed by atoms with Crippen LogP contribution in [0.25, 0.3) is 0 Å². The number of nitrogens with two attached hydrogens (primary N) is 1. The Morgan fingerprint density at radius 1 is 1.59 bits per heavy atom. The summed E-state index contributed by atoms with van der Waals surface area (Å²) in [7, 11) is 0. The molecule has 0 bridgehead atoms. The Labute approximate surface area is 102 Å². The van der Waals surface area contributed by atoms with Gasteiger partial charge in [0.15, 0.2) is 0 Å². The van der Waals surface area contributed by atoms with E-state index < -0.39 is 0 Å². The SMILES string of the molecule is CCN(CC(=O)NC(C)C)c1ccnc(N)c1. The molecule has 0 aliphatic carbocycles. The highest BCUT2D eigenvalue weighted by atomic mass is 16.2. The van der Waals surface area contributed by atoms with Crippen LogP contribution in [-0.2, 0) is 4.79 Å². The standard InChI is InChI=1S/C12H20N4O/c1-4-16(8-12(17)15-9(2)3)10-5-6-14-11(13)7-10/h5-7,9H,4,8H2,1-3H3,(H2,13,14)(H,15,17). The summed E-state index contributed by atoms with van der Waals surface area (Å²) >= 11 is 0. The van der Waals surface area contributed by atoms with Gasteiger partial charge in [-0.1, -0.05) is 0 Å². The summed E-state index contributed by atoms with van der Waals surface area (Å²) in [6.45, 7) is 6.96. The molecular weight excluding hydrogens is 216 g/mol. The molecule has 0 aliphatic heterocycles. The van der Waals surface area contributed by atoms with Gasteiger partial charge in [-0.2, -0.15) is 0 Å². The summed E-state index contributed by atoms with van der Waals surface area (Å²) in [5.41, 5.74) is 6.54. The van der Waals surface area contributed by atoms with Crippen molar-refractivity contribution in [3.63, 3.8) is 0 Å². The van der Waals surface area contributed by atoms with E-state index in [-0.39, 0.29) is 11.9 Å². The number of rotatable bonds is 5. The maximum atomic E-state index is 11.7. The fourth-order valence-corrected chi connectivity index (χ4v) is 1.56. The van der Waals surface area contributed by atoms with E-state index in [9.17, 15) is 4.79 Å². The third kappa shape index (κ3) is 4.30. The Morgan fingerprint density at radius 2 is 2.29 bits per heavy atom. The maximum Gasteiger partial charge on any atom is 0.239 e. The predicted molar refractivity (Wildman–Crippen MR) is 69.8 cm³/mol. The second kappa shape index (κ2) is 6.08. The number of amides is 1. The van der Waals surface area contributed by atoms with E-state index in [1.807, 2.05) is 31.7 Å². The van der Waals surface area contributed by atoms with E-state index in [4.69, 9.17) is 5.73 Å². The lowest BCUT2D eigenvalue weighted by atomic mass is 10.3. The van der Waals surface area contributed by atoms with Crippen molar-refractivity contribution in [2.24, 2.45) is 0 Å². The summed E-state index contributed by atoms with van der Waals surface area (Å²) < 4.78 is 0. The van der Waals surface area contributed by atoms with Gasteiger partial charge in [0.2, 0.25) is 5.91 Å².